The quantitative estimate of drug-likeness (QED) is 0.416. The molecule has 0 radical (unpaired) electrons. The Hall–Kier alpha value is -3.22. The van der Waals surface area contributed by atoms with Gasteiger partial charge in [-0.1, -0.05) is 72.8 Å². The fourth-order valence-electron chi connectivity index (χ4n) is 3.14. The normalized spacial score (nSPS) is 11.9. The maximum atomic E-state index is 11.1. The van der Waals surface area contributed by atoms with Crippen LogP contribution in [-0.4, -0.2) is 34.2 Å². The van der Waals surface area contributed by atoms with E-state index in [1.54, 1.807) is 12.1 Å². The summed E-state index contributed by atoms with van der Waals surface area (Å²) in [7, 11) is 0. The lowest BCUT2D eigenvalue weighted by molar-refractivity contribution is -0.385. The average Bonchev–Trinajstić information content (AvgIpc) is 2.74. The number of benzene rings is 3. The Bertz CT molecular complexity index is 862. The Morgan fingerprint density at radius 3 is 1.93 bits per heavy atom. The van der Waals surface area contributed by atoms with Crippen molar-refractivity contribution in [1.82, 2.24) is 4.90 Å². The molecule has 6 heteroatoms. The van der Waals surface area contributed by atoms with Gasteiger partial charge in [0.05, 0.1) is 4.92 Å². The van der Waals surface area contributed by atoms with E-state index in [0.29, 0.717) is 19.6 Å². The second kappa shape index (κ2) is 10.4. The van der Waals surface area contributed by atoms with Crippen molar-refractivity contribution in [2.24, 2.45) is 0 Å². The predicted octanol–water partition coefficient (Wildman–Crippen LogP) is 4.04. The lowest BCUT2D eigenvalue weighted by atomic mass is 10.1. The molecule has 0 aliphatic carbocycles. The number of ether oxygens (including phenoxy) is 1. The Labute approximate surface area is 170 Å². The molecule has 29 heavy (non-hydrogen) atoms. The average molecular weight is 392 g/mol. The molecule has 1 atom stereocenters. The van der Waals surface area contributed by atoms with Gasteiger partial charge in [-0.15, -0.1) is 0 Å². The summed E-state index contributed by atoms with van der Waals surface area (Å²) in [5, 5.41) is 21.6. The highest BCUT2D eigenvalue weighted by molar-refractivity contribution is 5.45. The minimum atomic E-state index is -0.790. The summed E-state index contributed by atoms with van der Waals surface area (Å²) < 4.78 is 5.54. The van der Waals surface area contributed by atoms with Crippen molar-refractivity contribution >= 4 is 5.69 Å². The van der Waals surface area contributed by atoms with Crippen LogP contribution in [0.4, 0.5) is 5.69 Å². The lowest BCUT2D eigenvalue weighted by Gasteiger charge is -2.25. The summed E-state index contributed by atoms with van der Waals surface area (Å²) in [4.78, 5) is 12.8. The van der Waals surface area contributed by atoms with E-state index in [1.165, 1.54) is 12.1 Å². The van der Waals surface area contributed by atoms with Crippen LogP contribution in [0.15, 0.2) is 84.9 Å². The number of hydrogen-bond donors (Lipinski definition) is 1. The van der Waals surface area contributed by atoms with Crippen molar-refractivity contribution in [2.45, 2.75) is 19.2 Å². The van der Waals surface area contributed by atoms with Gasteiger partial charge in [-0.2, -0.15) is 0 Å². The molecule has 0 spiro atoms. The summed E-state index contributed by atoms with van der Waals surface area (Å²) in [6.45, 7) is 1.71. The molecule has 3 aromatic carbocycles. The zero-order valence-corrected chi connectivity index (χ0v) is 16.1. The van der Waals surface area contributed by atoms with Crippen molar-refractivity contribution < 1.29 is 14.8 Å². The summed E-state index contributed by atoms with van der Waals surface area (Å²) in [5.41, 5.74) is 2.19. The lowest BCUT2D eigenvalue weighted by Crippen LogP contribution is -2.35. The summed E-state index contributed by atoms with van der Waals surface area (Å²) >= 11 is 0. The number of nitro benzene ring substituents is 1. The fraction of sp³-hybridized carbons (Fsp3) is 0.217. The van der Waals surface area contributed by atoms with Gasteiger partial charge < -0.3 is 9.84 Å². The van der Waals surface area contributed by atoms with Gasteiger partial charge in [-0.05, 0) is 17.2 Å². The van der Waals surface area contributed by atoms with Crippen LogP contribution in [-0.2, 0) is 13.1 Å². The molecule has 0 aliphatic rings. The summed E-state index contributed by atoms with van der Waals surface area (Å²) in [6, 6.07) is 26.3. The van der Waals surface area contributed by atoms with Crippen LogP contribution in [0, 0.1) is 10.1 Å². The van der Waals surface area contributed by atoms with Crippen molar-refractivity contribution in [3.8, 4) is 5.75 Å². The van der Waals surface area contributed by atoms with Crippen molar-refractivity contribution in [3.05, 3.63) is 106 Å². The molecule has 6 nitrogen and oxygen atoms in total. The number of para-hydroxylation sites is 2. The molecule has 3 aromatic rings. The van der Waals surface area contributed by atoms with Gasteiger partial charge in [-0.3, -0.25) is 15.0 Å². The van der Waals surface area contributed by atoms with Gasteiger partial charge in [0, 0.05) is 25.7 Å². The van der Waals surface area contributed by atoms with Crippen LogP contribution in [0.3, 0.4) is 0 Å². The Morgan fingerprint density at radius 2 is 1.38 bits per heavy atom. The Kier molecular flexibility index (Phi) is 7.33. The topological polar surface area (TPSA) is 75.8 Å². The molecule has 0 aliphatic heterocycles. The Balaban J connectivity index is 1.64. The van der Waals surface area contributed by atoms with E-state index in [4.69, 9.17) is 4.74 Å². The largest absolute Gasteiger partial charge is 0.484 e. The van der Waals surface area contributed by atoms with Crippen LogP contribution in [0.5, 0.6) is 5.75 Å². The Morgan fingerprint density at radius 1 is 0.862 bits per heavy atom. The molecule has 150 valence electrons. The van der Waals surface area contributed by atoms with Crippen LogP contribution < -0.4 is 4.74 Å². The maximum Gasteiger partial charge on any atom is 0.310 e. The predicted molar refractivity (Wildman–Crippen MR) is 112 cm³/mol. The third-order valence-corrected chi connectivity index (χ3v) is 4.46. The molecule has 0 bridgehead atoms. The van der Waals surface area contributed by atoms with Gasteiger partial charge in [0.15, 0.2) is 5.75 Å². The van der Waals surface area contributed by atoms with Crippen LogP contribution >= 0.6 is 0 Å². The molecule has 0 saturated carbocycles. The van der Waals surface area contributed by atoms with E-state index in [0.717, 1.165) is 11.1 Å². The highest BCUT2D eigenvalue weighted by Gasteiger charge is 2.17. The first-order valence-electron chi connectivity index (χ1n) is 9.46. The highest BCUT2D eigenvalue weighted by atomic mass is 16.6. The standard InChI is InChI=1S/C23H24N2O4/c26-21(18-29-23-14-8-7-13-22(23)25(27)28)17-24(15-19-9-3-1-4-10-19)16-20-11-5-2-6-12-20/h1-14,21,26H,15-18H2. The highest BCUT2D eigenvalue weighted by Crippen LogP contribution is 2.25. The molecule has 0 saturated heterocycles. The van der Waals surface area contributed by atoms with Gasteiger partial charge >= 0.3 is 5.69 Å². The first-order chi connectivity index (χ1) is 14.1. The van der Waals surface area contributed by atoms with Gasteiger partial charge in [0.2, 0.25) is 0 Å². The summed E-state index contributed by atoms with van der Waals surface area (Å²) in [5.74, 6) is 0.161. The van der Waals surface area contributed by atoms with Gasteiger partial charge in [0.25, 0.3) is 0 Å². The van der Waals surface area contributed by atoms with Crippen LogP contribution in [0.2, 0.25) is 0 Å². The summed E-state index contributed by atoms with van der Waals surface area (Å²) in [6.07, 6.45) is -0.790. The number of rotatable bonds is 10. The fourth-order valence-corrected chi connectivity index (χ4v) is 3.14. The van der Waals surface area contributed by atoms with Crippen LogP contribution in [0.1, 0.15) is 11.1 Å². The van der Waals surface area contributed by atoms with E-state index in [2.05, 4.69) is 4.90 Å². The zero-order valence-electron chi connectivity index (χ0n) is 16.1. The number of hydrogen-bond acceptors (Lipinski definition) is 5. The molecular formula is C23H24N2O4. The van der Waals surface area contributed by atoms with Crippen molar-refractivity contribution in [2.75, 3.05) is 13.2 Å². The van der Waals surface area contributed by atoms with E-state index >= 15 is 0 Å². The minimum Gasteiger partial charge on any atom is -0.484 e. The molecule has 1 N–H and O–H groups in total. The second-order valence-electron chi connectivity index (χ2n) is 6.83. The van der Waals surface area contributed by atoms with E-state index in [9.17, 15) is 15.2 Å². The maximum absolute atomic E-state index is 11.1. The van der Waals surface area contributed by atoms with E-state index in [1.807, 2.05) is 60.7 Å². The number of nitro groups is 1. The second-order valence-corrected chi connectivity index (χ2v) is 6.83. The molecule has 0 fully saturated rings. The first-order valence-corrected chi connectivity index (χ1v) is 9.46. The molecule has 3 rings (SSSR count). The molecule has 0 amide bonds. The monoisotopic (exact) mass is 392 g/mol. The molecule has 1 unspecified atom stereocenters. The molecular weight excluding hydrogens is 368 g/mol. The van der Waals surface area contributed by atoms with Gasteiger partial charge in [0.1, 0.15) is 12.7 Å². The smallest absolute Gasteiger partial charge is 0.310 e. The number of aliphatic hydroxyl groups is 1. The zero-order chi connectivity index (χ0) is 20.5. The SMILES string of the molecule is O=[N+]([O-])c1ccccc1OCC(O)CN(Cc1ccccc1)Cc1ccccc1. The third-order valence-electron chi connectivity index (χ3n) is 4.46. The van der Waals surface area contributed by atoms with Crippen molar-refractivity contribution in [3.63, 3.8) is 0 Å². The van der Waals surface area contributed by atoms with E-state index < -0.39 is 11.0 Å². The third kappa shape index (κ3) is 6.41. The molecule has 0 aromatic heterocycles. The van der Waals surface area contributed by atoms with E-state index in [-0.39, 0.29) is 18.0 Å². The molecule has 0 heterocycles. The number of nitrogens with zero attached hydrogens (tertiary/aromatic N) is 2. The van der Waals surface area contributed by atoms with Crippen molar-refractivity contribution in [1.29, 1.82) is 0 Å². The first kappa shape index (κ1) is 20.5. The number of aliphatic hydroxyl groups excluding tert-OH is 1. The van der Waals surface area contributed by atoms with Crippen LogP contribution in [0.25, 0.3) is 0 Å². The minimum absolute atomic E-state index is 0.0229. The van der Waals surface area contributed by atoms with Gasteiger partial charge in [-0.25, -0.2) is 0 Å².